The second-order valence-electron chi connectivity index (χ2n) is 9.49. The predicted molar refractivity (Wildman–Crippen MR) is 157 cm³/mol. The summed E-state index contributed by atoms with van der Waals surface area (Å²) in [6.45, 7) is 0. The maximum absolute atomic E-state index is 5.20. The molecule has 8 rings (SSSR count). The van der Waals surface area contributed by atoms with Crippen molar-refractivity contribution in [3.05, 3.63) is 127 Å². The number of imidazole rings is 2. The molecule has 0 bridgehead atoms. The summed E-state index contributed by atoms with van der Waals surface area (Å²) in [7, 11) is 0. The second-order valence-corrected chi connectivity index (χ2v) is 9.49. The van der Waals surface area contributed by atoms with Gasteiger partial charge in [0.2, 0.25) is 5.95 Å². The molecule has 0 spiro atoms. The molecule has 0 saturated carbocycles. The van der Waals surface area contributed by atoms with Crippen molar-refractivity contribution in [1.82, 2.24) is 33.9 Å². The molecule has 4 heterocycles. The molecule has 4 aromatic heterocycles. The van der Waals surface area contributed by atoms with Crippen LogP contribution >= 0.6 is 0 Å². The van der Waals surface area contributed by atoms with E-state index in [-0.39, 0.29) is 0 Å². The Hall–Kier alpha value is -5.69. The molecule has 7 heteroatoms. The number of pyridine rings is 1. The first-order chi connectivity index (χ1) is 19.8. The maximum Gasteiger partial charge on any atom is 0.240 e. The van der Waals surface area contributed by atoms with Crippen molar-refractivity contribution < 1.29 is 0 Å². The average molecular weight is 516 g/mol. The Morgan fingerprint density at radius 3 is 1.65 bits per heavy atom. The van der Waals surface area contributed by atoms with Crippen molar-refractivity contribution in [3.63, 3.8) is 0 Å². The summed E-state index contributed by atoms with van der Waals surface area (Å²) in [4.78, 5) is 24.9. The number of aromatic nitrogens is 7. The smallest absolute Gasteiger partial charge is 0.240 e. The van der Waals surface area contributed by atoms with Crippen molar-refractivity contribution in [1.29, 1.82) is 0 Å². The average Bonchev–Trinajstić information content (AvgIpc) is 3.61. The van der Waals surface area contributed by atoms with E-state index in [1.54, 1.807) is 0 Å². The van der Waals surface area contributed by atoms with Crippen LogP contribution in [0, 0.1) is 0 Å². The molecule has 0 N–H and O–H groups in total. The Morgan fingerprint density at radius 2 is 1.00 bits per heavy atom. The lowest BCUT2D eigenvalue weighted by Crippen LogP contribution is -2.08. The number of fused-ring (bicyclic) bond motifs is 5. The monoisotopic (exact) mass is 515 g/mol. The molecule has 0 radical (unpaired) electrons. The molecule has 0 aliphatic carbocycles. The van der Waals surface area contributed by atoms with Crippen LogP contribution in [0.25, 0.3) is 68.0 Å². The maximum atomic E-state index is 5.20. The fourth-order valence-electron chi connectivity index (χ4n) is 5.15. The van der Waals surface area contributed by atoms with Crippen LogP contribution in [0.5, 0.6) is 0 Å². The van der Waals surface area contributed by atoms with E-state index in [2.05, 4.69) is 22.6 Å². The number of benzene rings is 4. The van der Waals surface area contributed by atoms with Gasteiger partial charge in [-0.1, -0.05) is 103 Å². The van der Waals surface area contributed by atoms with Crippen LogP contribution in [0.1, 0.15) is 0 Å². The number of para-hydroxylation sites is 2. The predicted octanol–water partition coefficient (Wildman–Crippen LogP) is 7.01. The molecule has 0 aliphatic heterocycles. The Labute approximate surface area is 229 Å². The van der Waals surface area contributed by atoms with Gasteiger partial charge in [0.05, 0.1) is 16.6 Å². The van der Waals surface area contributed by atoms with Gasteiger partial charge in [-0.2, -0.15) is 9.97 Å². The first-order valence-corrected chi connectivity index (χ1v) is 13.0. The van der Waals surface area contributed by atoms with Crippen LogP contribution < -0.4 is 0 Å². The highest BCUT2D eigenvalue weighted by Gasteiger charge is 2.21. The van der Waals surface area contributed by atoms with Gasteiger partial charge >= 0.3 is 0 Å². The fraction of sp³-hybridized carbons (Fsp3) is 0. The van der Waals surface area contributed by atoms with Gasteiger partial charge in [-0.05, 0) is 24.3 Å². The van der Waals surface area contributed by atoms with Gasteiger partial charge in [0.1, 0.15) is 11.5 Å². The highest BCUT2D eigenvalue weighted by Crippen LogP contribution is 2.31. The first kappa shape index (κ1) is 22.3. The molecule has 7 nitrogen and oxygen atoms in total. The summed E-state index contributed by atoms with van der Waals surface area (Å²) < 4.78 is 4.13. The minimum absolute atomic E-state index is 0.498. The van der Waals surface area contributed by atoms with Crippen molar-refractivity contribution in [3.8, 4) is 40.1 Å². The molecule has 0 unspecified atom stereocenters. The summed E-state index contributed by atoms with van der Waals surface area (Å²) in [6, 6.07) is 42.3. The highest BCUT2D eigenvalue weighted by atomic mass is 15.3. The van der Waals surface area contributed by atoms with Gasteiger partial charge in [-0.15, -0.1) is 0 Å². The Bertz CT molecular complexity index is 2090. The van der Waals surface area contributed by atoms with Gasteiger partial charge in [-0.25, -0.2) is 15.0 Å². The van der Waals surface area contributed by atoms with Gasteiger partial charge < -0.3 is 0 Å². The van der Waals surface area contributed by atoms with Crippen molar-refractivity contribution in [2.24, 2.45) is 0 Å². The number of hydrogen-bond acceptors (Lipinski definition) is 5. The Morgan fingerprint density at radius 1 is 0.425 bits per heavy atom. The quantitative estimate of drug-likeness (QED) is 0.252. The minimum atomic E-state index is 0.498. The normalized spacial score (nSPS) is 11.5. The second kappa shape index (κ2) is 8.96. The zero-order valence-electron chi connectivity index (χ0n) is 21.3. The zero-order chi connectivity index (χ0) is 26.5. The van der Waals surface area contributed by atoms with Crippen LogP contribution in [0.2, 0.25) is 0 Å². The van der Waals surface area contributed by atoms with E-state index in [0.717, 1.165) is 50.4 Å². The zero-order valence-corrected chi connectivity index (χ0v) is 21.3. The molecule has 0 amide bonds. The van der Waals surface area contributed by atoms with Gasteiger partial charge in [0.25, 0.3) is 0 Å². The van der Waals surface area contributed by atoms with E-state index >= 15 is 0 Å². The summed E-state index contributed by atoms with van der Waals surface area (Å²) >= 11 is 0. The van der Waals surface area contributed by atoms with Crippen LogP contribution in [-0.4, -0.2) is 33.9 Å². The lowest BCUT2D eigenvalue weighted by atomic mass is 10.2. The van der Waals surface area contributed by atoms with E-state index in [4.69, 9.17) is 24.9 Å². The molecule has 0 saturated heterocycles. The molecular formula is C33H21N7. The molecular weight excluding hydrogens is 494 g/mol. The fourth-order valence-corrected chi connectivity index (χ4v) is 5.15. The standard InChI is InChI=1S/C33H21N7/c1-4-12-22(13-5-1)29-35-30(23-14-6-2-7-15-23)37-33(36-29)40-27-20-21-28-34-25-18-10-11-19-26(25)39(28)32(27)38-31(40)24-16-8-3-9-17-24/h1-21H. The van der Waals surface area contributed by atoms with E-state index in [0.29, 0.717) is 17.6 Å². The summed E-state index contributed by atoms with van der Waals surface area (Å²) in [5.41, 5.74) is 7.20. The Kier molecular flexibility index (Phi) is 4.99. The molecule has 4 aromatic carbocycles. The largest absolute Gasteiger partial charge is 0.275 e. The molecule has 0 fully saturated rings. The third-order valence-electron chi connectivity index (χ3n) is 7.00. The number of hydrogen-bond donors (Lipinski definition) is 0. The first-order valence-electron chi connectivity index (χ1n) is 13.0. The van der Waals surface area contributed by atoms with Crippen LogP contribution in [0.3, 0.4) is 0 Å². The number of nitrogens with zero attached hydrogens (tertiary/aromatic N) is 7. The van der Waals surface area contributed by atoms with E-state index in [1.165, 1.54) is 0 Å². The van der Waals surface area contributed by atoms with Crippen LogP contribution in [-0.2, 0) is 0 Å². The molecule has 0 aliphatic rings. The van der Waals surface area contributed by atoms with Crippen LogP contribution in [0.4, 0.5) is 0 Å². The lowest BCUT2D eigenvalue weighted by Gasteiger charge is -2.11. The van der Waals surface area contributed by atoms with E-state index in [9.17, 15) is 0 Å². The lowest BCUT2D eigenvalue weighted by molar-refractivity contribution is 0.929. The third kappa shape index (κ3) is 3.56. The number of rotatable bonds is 4. The SMILES string of the molecule is c1ccc(-c2nc(-c3ccccc3)nc(-n3c(-c4ccccc4)nc4c3ccc3nc5ccccc5n34)n2)cc1. The van der Waals surface area contributed by atoms with Gasteiger partial charge in [0.15, 0.2) is 17.3 Å². The van der Waals surface area contributed by atoms with E-state index < -0.39 is 0 Å². The van der Waals surface area contributed by atoms with Crippen molar-refractivity contribution in [2.45, 2.75) is 0 Å². The highest BCUT2D eigenvalue weighted by molar-refractivity contribution is 5.90. The molecule has 8 aromatic rings. The summed E-state index contributed by atoms with van der Waals surface area (Å²) in [5.74, 6) is 2.43. The molecule has 188 valence electrons. The minimum Gasteiger partial charge on any atom is -0.275 e. The summed E-state index contributed by atoms with van der Waals surface area (Å²) in [5, 5.41) is 0. The topological polar surface area (TPSA) is 73.8 Å². The van der Waals surface area contributed by atoms with Crippen molar-refractivity contribution in [2.75, 3.05) is 0 Å². The summed E-state index contributed by atoms with van der Waals surface area (Å²) in [6.07, 6.45) is 0. The Balaban J connectivity index is 1.48. The van der Waals surface area contributed by atoms with Gasteiger partial charge in [0, 0.05) is 16.7 Å². The van der Waals surface area contributed by atoms with Crippen LogP contribution in [0.15, 0.2) is 127 Å². The third-order valence-corrected chi connectivity index (χ3v) is 7.00. The molecule has 40 heavy (non-hydrogen) atoms. The van der Waals surface area contributed by atoms with Crippen molar-refractivity contribution >= 4 is 27.8 Å². The molecule has 0 atom stereocenters. The van der Waals surface area contributed by atoms with E-state index in [1.807, 2.05) is 114 Å². The van der Waals surface area contributed by atoms with Gasteiger partial charge in [-0.3, -0.25) is 8.97 Å².